The maximum Gasteiger partial charge on any atom is 0.243 e. The zero-order chi connectivity index (χ0) is 20.7. The Morgan fingerprint density at radius 1 is 1.07 bits per heavy atom. The van der Waals surface area contributed by atoms with Gasteiger partial charge in [-0.1, -0.05) is 67.4 Å². The second-order valence-corrected chi connectivity index (χ2v) is 9.63. The highest BCUT2D eigenvalue weighted by atomic mass is 35.5. The second kappa shape index (κ2) is 10.2. The number of aliphatic hydroxyl groups excluding tert-OH is 1. The van der Waals surface area contributed by atoms with Crippen LogP contribution < -0.4 is 0 Å². The van der Waals surface area contributed by atoms with Crippen LogP contribution in [0.4, 0.5) is 0 Å². The van der Waals surface area contributed by atoms with Crippen LogP contribution in [0.25, 0.3) is 6.08 Å². The van der Waals surface area contributed by atoms with E-state index in [4.69, 9.17) is 11.6 Å². The number of hydrogen-bond donors (Lipinski definition) is 1. The maximum absolute atomic E-state index is 13.3. The number of rotatable bonds is 9. The maximum atomic E-state index is 13.3. The van der Waals surface area contributed by atoms with E-state index >= 15 is 0 Å². The Morgan fingerprint density at radius 3 is 2.21 bits per heavy atom. The zero-order valence-corrected chi connectivity index (χ0v) is 18.1. The summed E-state index contributed by atoms with van der Waals surface area (Å²) in [5.74, 6) is 0.251. The van der Waals surface area contributed by atoms with Gasteiger partial charge in [-0.2, -0.15) is 4.31 Å². The topological polar surface area (TPSA) is 57.6 Å². The van der Waals surface area contributed by atoms with Crippen LogP contribution >= 0.6 is 11.6 Å². The lowest BCUT2D eigenvalue weighted by Gasteiger charge is -2.30. The molecule has 0 radical (unpaired) electrons. The van der Waals surface area contributed by atoms with Crippen LogP contribution in [0.2, 0.25) is 5.02 Å². The summed E-state index contributed by atoms with van der Waals surface area (Å²) in [6.45, 7) is 5.99. The minimum Gasteiger partial charge on any atom is -0.395 e. The van der Waals surface area contributed by atoms with Crippen molar-refractivity contribution in [1.29, 1.82) is 0 Å². The molecule has 0 spiro atoms. The van der Waals surface area contributed by atoms with Gasteiger partial charge in [0, 0.05) is 17.6 Å². The van der Waals surface area contributed by atoms with E-state index in [0.717, 1.165) is 5.56 Å². The fourth-order valence-corrected chi connectivity index (χ4v) is 4.69. The molecule has 2 aromatic carbocycles. The van der Waals surface area contributed by atoms with Gasteiger partial charge in [0.15, 0.2) is 0 Å². The first-order valence-electron chi connectivity index (χ1n) is 9.35. The smallest absolute Gasteiger partial charge is 0.243 e. The quantitative estimate of drug-likeness (QED) is 0.635. The highest BCUT2D eigenvalue weighted by Crippen LogP contribution is 2.23. The number of hydrogen-bond acceptors (Lipinski definition) is 3. The average molecular weight is 422 g/mol. The normalized spacial score (nSPS) is 13.5. The van der Waals surface area contributed by atoms with Crippen LogP contribution in [-0.2, 0) is 10.0 Å². The summed E-state index contributed by atoms with van der Waals surface area (Å²) in [5.41, 5.74) is 2.17. The van der Waals surface area contributed by atoms with Crippen molar-refractivity contribution in [2.75, 3.05) is 13.2 Å². The molecule has 0 aliphatic heterocycles. The summed E-state index contributed by atoms with van der Waals surface area (Å²) in [7, 11) is -3.77. The molecule has 0 saturated heterocycles. The molecule has 2 aromatic rings. The van der Waals surface area contributed by atoms with Gasteiger partial charge < -0.3 is 5.11 Å². The Kier molecular flexibility index (Phi) is 8.25. The number of aryl methyl sites for hydroxylation is 1. The number of benzene rings is 2. The van der Waals surface area contributed by atoms with E-state index in [0.29, 0.717) is 11.4 Å². The van der Waals surface area contributed by atoms with Gasteiger partial charge in [-0.25, -0.2) is 8.42 Å². The van der Waals surface area contributed by atoms with E-state index < -0.39 is 16.1 Å². The SMILES string of the molecule is Cc1ccc(C=CCN([C@@H](CO)CC(C)C)S(=O)(=O)c2ccc(Cl)cc2)cc1. The molecule has 0 aliphatic carbocycles. The minimum absolute atomic E-state index is 0.169. The minimum atomic E-state index is -3.77. The monoisotopic (exact) mass is 421 g/mol. The third kappa shape index (κ3) is 6.17. The first kappa shape index (κ1) is 22.6. The fourth-order valence-electron chi connectivity index (χ4n) is 2.98. The number of nitrogens with zero attached hydrogens (tertiary/aromatic N) is 1. The van der Waals surface area contributed by atoms with Crippen LogP contribution in [-0.4, -0.2) is 37.0 Å². The van der Waals surface area contributed by atoms with Gasteiger partial charge in [0.25, 0.3) is 0 Å². The highest BCUT2D eigenvalue weighted by molar-refractivity contribution is 7.89. The summed E-state index contributed by atoms with van der Waals surface area (Å²) >= 11 is 5.90. The van der Waals surface area contributed by atoms with Gasteiger partial charge in [-0.05, 0) is 49.1 Å². The Morgan fingerprint density at radius 2 is 1.68 bits per heavy atom. The van der Waals surface area contributed by atoms with Crippen molar-refractivity contribution >= 4 is 27.7 Å². The van der Waals surface area contributed by atoms with Crippen molar-refractivity contribution < 1.29 is 13.5 Å². The molecule has 0 heterocycles. The van der Waals surface area contributed by atoms with Crippen molar-refractivity contribution in [2.45, 2.75) is 38.1 Å². The predicted molar refractivity (Wildman–Crippen MR) is 116 cm³/mol. The molecule has 0 saturated carbocycles. The molecule has 4 nitrogen and oxygen atoms in total. The largest absolute Gasteiger partial charge is 0.395 e. The molecule has 2 rings (SSSR count). The molecule has 0 unspecified atom stereocenters. The Balaban J connectivity index is 2.32. The van der Waals surface area contributed by atoms with Crippen molar-refractivity contribution in [3.05, 3.63) is 70.8 Å². The van der Waals surface area contributed by atoms with Gasteiger partial charge in [0.1, 0.15) is 0 Å². The second-order valence-electron chi connectivity index (χ2n) is 7.31. The number of aliphatic hydroxyl groups is 1. The van der Waals surface area contributed by atoms with Crippen molar-refractivity contribution in [1.82, 2.24) is 4.31 Å². The van der Waals surface area contributed by atoms with Gasteiger partial charge in [0.2, 0.25) is 10.0 Å². The van der Waals surface area contributed by atoms with Crippen LogP contribution in [0, 0.1) is 12.8 Å². The van der Waals surface area contributed by atoms with Crippen molar-refractivity contribution in [2.24, 2.45) is 5.92 Å². The van der Waals surface area contributed by atoms with Gasteiger partial charge in [-0.15, -0.1) is 0 Å². The molecule has 1 N–H and O–H groups in total. The lowest BCUT2D eigenvalue weighted by Crippen LogP contribution is -2.43. The third-order valence-electron chi connectivity index (χ3n) is 4.45. The molecule has 28 heavy (non-hydrogen) atoms. The predicted octanol–water partition coefficient (Wildman–Crippen LogP) is 4.76. The van der Waals surface area contributed by atoms with Crippen LogP contribution in [0.15, 0.2) is 59.5 Å². The van der Waals surface area contributed by atoms with E-state index in [1.807, 2.05) is 57.2 Å². The Labute approximate surface area is 173 Å². The number of sulfonamides is 1. The zero-order valence-electron chi connectivity index (χ0n) is 16.5. The van der Waals surface area contributed by atoms with Crippen LogP contribution in [0.5, 0.6) is 0 Å². The molecule has 152 valence electrons. The average Bonchev–Trinajstić information content (AvgIpc) is 2.65. The Bertz CT molecular complexity index is 875. The van der Waals surface area contributed by atoms with Crippen molar-refractivity contribution in [3.8, 4) is 0 Å². The van der Waals surface area contributed by atoms with Crippen LogP contribution in [0.1, 0.15) is 31.4 Å². The van der Waals surface area contributed by atoms with E-state index in [9.17, 15) is 13.5 Å². The fraction of sp³-hybridized carbons (Fsp3) is 0.364. The summed E-state index contributed by atoms with van der Waals surface area (Å²) < 4.78 is 27.9. The highest BCUT2D eigenvalue weighted by Gasteiger charge is 2.30. The molecular formula is C22H28ClNO3S. The summed E-state index contributed by atoms with van der Waals surface area (Å²) in [6, 6.07) is 13.6. The molecule has 0 amide bonds. The summed E-state index contributed by atoms with van der Waals surface area (Å²) in [6.07, 6.45) is 4.29. The lowest BCUT2D eigenvalue weighted by molar-refractivity contribution is 0.175. The first-order valence-corrected chi connectivity index (χ1v) is 11.2. The van der Waals surface area contributed by atoms with Gasteiger partial charge in [0.05, 0.1) is 11.5 Å². The number of halogens is 1. The van der Waals surface area contributed by atoms with Gasteiger partial charge >= 0.3 is 0 Å². The molecule has 0 aromatic heterocycles. The first-order chi connectivity index (χ1) is 13.2. The molecule has 0 fully saturated rings. The summed E-state index contributed by atoms with van der Waals surface area (Å²) in [4.78, 5) is 0.169. The third-order valence-corrected chi connectivity index (χ3v) is 6.64. The molecular weight excluding hydrogens is 394 g/mol. The molecule has 6 heteroatoms. The van der Waals surface area contributed by atoms with E-state index in [2.05, 4.69) is 0 Å². The molecule has 1 atom stereocenters. The molecule has 0 aliphatic rings. The van der Waals surface area contributed by atoms with Gasteiger partial charge in [-0.3, -0.25) is 0 Å². The van der Waals surface area contributed by atoms with E-state index in [1.54, 1.807) is 12.1 Å². The van der Waals surface area contributed by atoms with Crippen molar-refractivity contribution in [3.63, 3.8) is 0 Å². The summed E-state index contributed by atoms with van der Waals surface area (Å²) in [5, 5.41) is 10.4. The molecule has 0 bridgehead atoms. The van der Waals surface area contributed by atoms with E-state index in [-0.39, 0.29) is 24.0 Å². The van der Waals surface area contributed by atoms with Crippen LogP contribution in [0.3, 0.4) is 0 Å². The lowest BCUT2D eigenvalue weighted by atomic mass is 10.0. The van der Waals surface area contributed by atoms with E-state index in [1.165, 1.54) is 22.0 Å². The Hall–Kier alpha value is -1.66. The standard InChI is InChI=1S/C22H28ClNO3S/c1-17(2)15-21(16-25)24(14-4-5-19-8-6-18(3)7-9-19)28(26,27)22-12-10-20(23)11-13-22/h4-13,17,21,25H,14-16H2,1-3H3/t21-/m1/s1.